The van der Waals surface area contributed by atoms with Crippen molar-refractivity contribution in [1.29, 1.82) is 0 Å². The van der Waals surface area contributed by atoms with Crippen LogP contribution in [-0.2, 0) is 0 Å². The molecule has 0 unspecified atom stereocenters. The monoisotopic (exact) mass is 220 g/mol. The molecule has 0 aliphatic carbocycles. The van der Waals surface area contributed by atoms with Crippen LogP contribution in [0.2, 0.25) is 0 Å². The molecule has 16 heavy (non-hydrogen) atoms. The molecule has 2 nitrogen and oxygen atoms in total. The number of hydrogen-bond acceptors (Lipinski definition) is 2. The van der Waals surface area contributed by atoms with E-state index in [1.54, 1.807) is 0 Å². The van der Waals surface area contributed by atoms with E-state index in [2.05, 4.69) is 38.2 Å². The van der Waals surface area contributed by atoms with E-state index < -0.39 is 0 Å². The Bertz CT molecular complexity index is 282. The van der Waals surface area contributed by atoms with Crippen molar-refractivity contribution in [2.24, 2.45) is 17.6 Å². The van der Waals surface area contributed by atoms with E-state index >= 15 is 0 Å². The lowest BCUT2D eigenvalue weighted by Gasteiger charge is -2.21. The van der Waals surface area contributed by atoms with Gasteiger partial charge in [-0.3, -0.25) is 0 Å². The first-order chi connectivity index (χ1) is 7.61. The Kier molecular flexibility index (Phi) is 5.50. The van der Waals surface area contributed by atoms with E-state index in [0.29, 0.717) is 11.8 Å². The van der Waals surface area contributed by atoms with Gasteiger partial charge in [0.25, 0.3) is 0 Å². The highest BCUT2D eigenvalue weighted by Crippen LogP contribution is 2.18. The summed E-state index contributed by atoms with van der Waals surface area (Å²) in [4.78, 5) is 0. The van der Waals surface area contributed by atoms with E-state index in [1.807, 2.05) is 18.2 Å². The molecule has 0 saturated heterocycles. The molecule has 0 spiro atoms. The van der Waals surface area contributed by atoms with Gasteiger partial charge in [-0.2, -0.15) is 0 Å². The molecule has 1 aromatic carbocycles. The molecular weight excluding hydrogens is 196 g/mol. The summed E-state index contributed by atoms with van der Waals surface area (Å²) in [5, 5.41) is 3.46. The Morgan fingerprint density at radius 2 is 1.69 bits per heavy atom. The molecule has 0 radical (unpaired) electrons. The van der Waals surface area contributed by atoms with Crippen molar-refractivity contribution in [3.8, 4) is 0 Å². The summed E-state index contributed by atoms with van der Waals surface area (Å²) < 4.78 is 0. The van der Waals surface area contributed by atoms with Crippen LogP contribution < -0.4 is 11.1 Å². The van der Waals surface area contributed by atoms with Gasteiger partial charge in [0.15, 0.2) is 0 Å². The lowest BCUT2D eigenvalue weighted by atomic mass is 9.95. The van der Waals surface area contributed by atoms with Crippen LogP contribution in [0.3, 0.4) is 0 Å². The second kappa shape index (κ2) is 6.66. The van der Waals surface area contributed by atoms with E-state index in [9.17, 15) is 0 Å². The van der Waals surface area contributed by atoms with E-state index in [0.717, 1.165) is 13.1 Å². The number of nitrogens with two attached hydrogens (primary N) is 1. The van der Waals surface area contributed by atoms with Gasteiger partial charge in [-0.1, -0.05) is 51.1 Å². The van der Waals surface area contributed by atoms with Crippen LogP contribution in [0.4, 0.5) is 0 Å². The average Bonchev–Trinajstić information content (AvgIpc) is 2.28. The second-order valence-corrected chi connectivity index (χ2v) is 4.97. The lowest BCUT2D eigenvalue weighted by molar-refractivity contribution is 0.418. The van der Waals surface area contributed by atoms with Crippen molar-refractivity contribution in [3.05, 3.63) is 35.9 Å². The molecule has 0 fully saturated rings. The summed E-state index contributed by atoms with van der Waals surface area (Å²) in [6.45, 7) is 8.68. The van der Waals surface area contributed by atoms with Crippen LogP contribution >= 0.6 is 0 Å². The SMILES string of the molecule is CC(C)CNC[C@H](C)[C@@H](N)c1ccccc1. The zero-order chi connectivity index (χ0) is 12.0. The Morgan fingerprint density at radius 3 is 2.25 bits per heavy atom. The van der Waals surface area contributed by atoms with E-state index in [4.69, 9.17) is 5.73 Å². The van der Waals surface area contributed by atoms with Crippen molar-refractivity contribution in [2.45, 2.75) is 26.8 Å². The van der Waals surface area contributed by atoms with Crippen molar-refractivity contribution < 1.29 is 0 Å². The Morgan fingerprint density at radius 1 is 1.06 bits per heavy atom. The van der Waals surface area contributed by atoms with Gasteiger partial charge in [-0.15, -0.1) is 0 Å². The lowest BCUT2D eigenvalue weighted by Crippen LogP contribution is -2.31. The quantitative estimate of drug-likeness (QED) is 0.773. The summed E-state index contributed by atoms with van der Waals surface area (Å²) in [6.07, 6.45) is 0. The summed E-state index contributed by atoms with van der Waals surface area (Å²) in [6, 6.07) is 10.4. The highest BCUT2D eigenvalue weighted by Gasteiger charge is 2.13. The molecule has 2 heteroatoms. The molecule has 0 heterocycles. The Balaban J connectivity index is 2.39. The van der Waals surface area contributed by atoms with Gasteiger partial charge in [0.2, 0.25) is 0 Å². The molecule has 3 N–H and O–H groups in total. The van der Waals surface area contributed by atoms with Gasteiger partial charge in [-0.05, 0) is 30.5 Å². The summed E-state index contributed by atoms with van der Waals surface area (Å²) in [7, 11) is 0. The first kappa shape index (κ1) is 13.2. The van der Waals surface area contributed by atoms with Crippen molar-refractivity contribution in [1.82, 2.24) is 5.32 Å². The molecule has 0 amide bonds. The fourth-order valence-corrected chi connectivity index (χ4v) is 1.73. The molecule has 90 valence electrons. The van der Waals surface area contributed by atoms with Crippen LogP contribution in [0.1, 0.15) is 32.4 Å². The molecule has 1 aromatic rings. The maximum atomic E-state index is 6.22. The first-order valence-electron chi connectivity index (χ1n) is 6.12. The highest BCUT2D eigenvalue weighted by atomic mass is 14.9. The fraction of sp³-hybridized carbons (Fsp3) is 0.571. The minimum absolute atomic E-state index is 0.126. The van der Waals surface area contributed by atoms with Crippen LogP contribution in [-0.4, -0.2) is 13.1 Å². The smallest absolute Gasteiger partial charge is 0.0333 e. The van der Waals surface area contributed by atoms with Crippen molar-refractivity contribution in [2.75, 3.05) is 13.1 Å². The molecule has 2 atom stereocenters. The van der Waals surface area contributed by atoms with E-state index in [-0.39, 0.29) is 6.04 Å². The predicted octanol–water partition coefficient (Wildman–Crippen LogP) is 2.57. The zero-order valence-electron chi connectivity index (χ0n) is 10.6. The molecule has 0 saturated carbocycles. The molecule has 1 rings (SSSR count). The second-order valence-electron chi connectivity index (χ2n) is 4.97. The van der Waals surface area contributed by atoms with Gasteiger partial charge in [0.1, 0.15) is 0 Å². The molecular formula is C14H24N2. The third-order valence-electron chi connectivity index (χ3n) is 2.82. The normalized spacial score (nSPS) is 15.1. The molecule has 0 bridgehead atoms. The first-order valence-corrected chi connectivity index (χ1v) is 6.12. The predicted molar refractivity (Wildman–Crippen MR) is 70.2 cm³/mol. The van der Waals surface area contributed by atoms with Crippen LogP contribution in [0, 0.1) is 11.8 Å². The minimum atomic E-state index is 0.126. The number of benzene rings is 1. The van der Waals surface area contributed by atoms with Crippen molar-refractivity contribution in [3.63, 3.8) is 0 Å². The number of hydrogen-bond donors (Lipinski definition) is 2. The summed E-state index contributed by atoms with van der Waals surface area (Å²) in [5.41, 5.74) is 7.44. The highest BCUT2D eigenvalue weighted by molar-refractivity contribution is 5.19. The minimum Gasteiger partial charge on any atom is -0.324 e. The fourth-order valence-electron chi connectivity index (χ4n) is 1.73. The number of rotatable bonds is 6. The summed E-state index contributed by atoms with van der Waals surface area (Å²) in [5.74, 6) is 1.15. The maximum absolute atomic E-state index is 6.22. The third-order valence-corrected chi connectivity index (χ3v) is 2.82. The Labute approximate surface area is 99.2 Å². The van der Waals surface area contributed by atoms with Crippen molar-refractivity contribution >= 4 is 0 Å². The Hall–Kier alpha value is -0.860. The maximum Gasteiger partial charge on any atom is 0.0333 e. The van der Waals surface area contributed by atoms with Gasteiger partial charge in [0.05, 0.1) is 0 Å². The standard InChI is InChI=1S/C14H24N2/c1-11(2)9-16-10-12(3)14(15)13-7-5-4-6-8-13/h4-8,11-12,14,16H,9-10,15H2,1-3H3/t12-,14+/m0/s1. The molecule has 0 aliphatic rings. The zero-order valence-corrected chi connectivity index (χ0v) is 10.6. The van der Waals surface area contributed by atoms with Gasteiger partial charge in [0, 0.05) is 6.04 Å². The van der Waals surface area contributed by atoms with Gasteiger partial charge >= 0.3 is 0 Å². The van der Waals surface area contributed by atoms with Crippen LogP contribution in [0.25, 0.3) is 0 Å². The largest absolute Gasteiger partial charge is 0.324 e. The van der Waals surface area contributed by atoms with Gasteiger partial charge < -0.3 is 11.1 Å². The van der Waals surface area contributed by atoms with E-state index in [1.165, 1.54) is 5.56 Å². The third kappa shape index (κ3) is 4.33. The molecule has 0 aromatic heterocycles. The van der Waals surface area contributed by atoms with Crippen LogP contribution in [0.15, 0.2) is 30.3 Å². The topological polar surface area (TPSA) is 38.0 Å². The van der Waals surface area contributed by atoms with Gasteiger partial charge in [-0.25, -0.2) is 0 Å². The average molecular weight is 220 g/mol. The number of nitrogens with one attached hydrogen (secondary N) is 1. The molecule has 0 aliphatic heterocycles. The van der Waals surface area contributed by atoms with Crippen LogP contribution in [0.5, 0.6) is 0 Å². The summed E-state index contributed by atoms with van der Waals surface area (Å²) >= 11 is 0.